The summed E-state index contributed by atoms with van der Waals surface area (Å²) in [6, 6.07) is 6.00. The smallest absolute Gasteiger partial charge is 0.381 e. The van der Waals surface area contributed by atoms with Crippen molar-refractivity contribution in [1.29, 1.82) is 0 Å². The van der Waals surface area contributed by atoms with Crippen molar-refractivity contribution in [3.8, 4) is 11.4 Å². The molecule has 0 amide bonds. The molecule has 0 radical (unpaired) electrons. The molecule has 0 spiro atoms. The molecule has 1 aromatic carbocycles. The molecule has 0 unspecified atom stereocenters. The fourth-order valence-corrected chi connectivity index (χ4v) is 1.88. The molecule has 1 aromatic heterocycles. The molecular weight excluding hydrogens is 278 g/mol. The zero-order chi connectivity index (χ0) is 15.5. The highest BCUT2D eigenvalue weighted by Gasteiger charge is 2.44. The molecule has 2 aromatic rings. The average Bonchev–Trinajstić information content (AvgIpc) is 2.48. The minimum Gasteiger partial charge on any atom is -0.461 e. The molecule has 4 nitrogen and oxygen atoms in total. The molecule has 0 fully saturated rings. The molecule has 110 valence electrons. The molecule has 0 atom stereocenters. The highest BCUT2D eigenvalue weighted by atomic mass is 19.3. The number of carbonyl (C=O) groups is 1. The molecule has 0 N–H and O–H groups in total. The van der Waals surface area contributed by atoms with E-state index in [1.54, 1.807) is 12.1 Å². The van der Waals surface area contributed by atoms with Gasteiger partial charge in [0.1, 0.15) is 0 Å². The first-order valence-corrected chi connectivity index (χ1v) is 6.40. The molecule has 0 bridgehead atoms. The maximum atomic E-state index is 14.2. The second-order valence-electron chi connectivity index (χ2n) is 4.40. The molecule has 0 aliphatic heterocycles. The third kappa shape index (κ3) is 3.04. The van der Waals surface area contributed by atoms with Crippen molar-refractivity contribution in [3.63, 3.8) is 0 Å². The van der Waals surface area contributed by atoms with Gasteiger partial charge in [-0.2, -0.15) is 8.78 Å². The van der Waals surface area contributed by atoms with Gasteiger partial charge in [0.15, 0.2) is 5.82 Å². The predicted octanol–water partition coefficient (Wildman–Crippen LogP) is 3.11. The highest BCUT2D eigenvalue weighted by Crippen LogP contribution is 2.34. The van der Waals surface area contributed by atoms with Crippen molar-refractivity contribution in [2.75, 3.05) is 6.61 Å². The molecule has 0 aliphatic rings. The molecule has 21 heavy (non-hydrogen) atoms. The van der Waals surface area contributed by atoms with Crippen molar-refractivity contribution in [1.82, 2.24) is 9.97 Å². The third-order valence-electron chi connectivity index (χ3n) is 2.93. The lowest BCUT2D eigenvalue weighted by atomic mass is 9.99. The lowest BCUT2D eigenvalue weighted by Gasteiger charge is -2.17. The Morgan fingerprint density at radius 3 is 2.57 bits per heavy atom. The number of nitrogens with zero attached hydrogens (tertiary/aromatic N) is 2. The van der Waals surface area contributed by atoms with Crippen molar-refractivity contribution >= 4 is 5.97 Å². The van der Waals surface area contributed by atoms with Gasteiger partial charge in [-0.05, 0) is 31.5 Å². The Morgan fingerprint density at radius 2 is 1.95 bits per heavy atom. The largest absolute Gasteiger partial charge is 0.461 e. The quantitative estimate of drug-likeness (QED) is 0.812. The summed E-state index contributed by atoms with van der Waals surface area (Å²) in [5.74, 6) is -4.94. The van der Waals surface area contributed by atoms with Crippen molar-refractivity contribution in [2.45, 2.75) is 19.8 Å². The number of halogens is 2. The number of alkyl halides is 2. The van der Waals surface area contributed by atoms with Crippen LogP contribution in [0.1, 0.15) is 18.1 Å². The maximum Gasteiger partial charge on any atom is 0.381 e. The Labute approximate surface area is 120 Å². The summed E-state index contributed by atoms with van der Waals surface area (Å²) >= 11 is 0. The first kappa shape index (κ1) is 15.0. The lowest BCUT2D eigenvalue weighted by molar-refractivity contribution is -0.173. The van der Waals surface area contributed by atoms with Crippen molar-refractivity contribution in [2.24, 2.45) is 0 Å². The SMILES string of the molecule is CCOC(=O)C(F)(F)c1cc(-c2ncccn2)ccc1C. The van der Waals surface area contributed by atoms with E-state index >= 15 is 0 Å². The first-order valence-electron chi connectivity index (χ1n) is 6.40. The van der Waals surface area contributed by atoms with Gasteiger partial charge in [-0.1, -0.05) is 12.1 Å². The van der Waals surface area contributed by atoms with E-state index in [9.17, 15) is 13.6 Å². The number of ether oxygens (including phenoxy) is 1. The number of esters is 1. The lowest BCUT2D eigenvalue weighted by Crippen LogP contribution is -2.29. The van der Waals surface area contributed by atoms with E-state index in [1.807, 2.05) is 0 Å². The number of benzene rings is 1. The molecule has 6 heteroatoms. The summed E-state index contributed by atoms with van der Waals surface area (Å²) in [5, 5.41) is 0. The average molecular weight is 292 g/mol. The van der Waals surface area contributed by atoms with Crippen molar-refractivity contribution in [3.05, 3.63) is 47.8 Å². The highest BCUT2D eigenvalue weighted by molar-refractivity contribution is 5.80. The van der Waals surface area contributed by atoms with Crippen LogP contribution in [0.4, 0.5) is 8.78 Å². The monoisotopic (exact) mass is 292 g/mol. The fourth-order valence-electron chi connectivity index (χ4n) is 1.88. The van der Waals surface area contributed by atoms with E-state index in [4.69, 9.17) is 0 Å². The summed E-state index contributed by atoms with van der Waals surface area (Å²) in [4.78, 5) is 19.5. The number of aromatic nitrogens is 2. The summed E-state index contributed by atoms with van der Waals surface area (Å²) in [6.45, 7) is 2.89. The van der Waals surface area contributed by atoms with Crippen LogP contribution >= 0.6 is 0 Å². The zero-order valence-electron chi connectivity index (χ0n) is 11.6. The second kappa shape index (κ2) is 5.95. The summed E-state index contributed by atoms with van der Waals surface area (Å²) in [7, 11) is 0. The summed E-state index contributed by atoms with van der Waals surface area (Å²) in [5.41, 5.74) is 0.318. The number of carbonyl (C=O) groups excluding carboxylic acids is 1. The first-order chi connectivity index (χ1) is 9.96. The summed E-state index contributed by atoms with van der Waals surface area (Å²) < 4.78 is 32.8. The zero-order valence-corrected chi connectivity index (χ0v) is 11.6. The minimum absolute atomic E-state index is 0.102. The van der Waals surface area contributed by atoms with E-state index in [2.05, 4.69) is 14.7 Å². The Balaban J connectivity index is 2.47. The normalized spacial score (nSPS) is 11.2. The van der Waals surface area contributed by atoms with Crippen LogP contribution in [0.3, 0.4) is 0 Å². The van der Waals surface area contributed by atoms with Crippen LogP contribution in [0, 0.1) is 6.92 Å². The fraction of sp³-hybridized carbons (Fsp3) is 0.267. The van der Waals surface area contributed by atoms with Gasteiger partial charge in [0.25, 0.3) is 0 Å². The van der Waals surface area contributed by atoms with Crippen LogP contribution < -0.4 is 0 Å². The Bertz CT molecular complexity index is 645. The molecule has 2 rings (SSSR count). The molecule has 1 heterocycles. The van der Waals surface area contributed by atoms with Crippen LogP contribution in [-0.4, -0.2) is 22.5 Å². The molecule has 0 saturated carbocycles. The van der Waals surface area contributed by atoms with E-state index in [1.165, 1.54) is 38.4 Å². The Kier molecular flexibility index (Phi) is 4.26. The van der Waals surface area contributed by atoms with Crippen LogP contribution in [-0.2, 0) is 15.5 Å². The van der Waals surface area contributed by atoms with Crippen molar-refractivity contribution < 1.29 is 18.3 Å². The van der Waals surface area contributed by atoms with Crippen LogP contribution in [0.5, 0.6) is 0 Å². The van der Waals surface area contributed by atoms with Crippen LogP contribution in [0.2, 0.25) is 0 Å². The topological polar surface area (TPSA) is 52.1 Å². The molecular formula is C15H14F2N2O2. The number of rotatable bonds is 4. The van der Waals surface area contributed by atoms with E-state index in [0.717, 1.165) is 0 Å². The van der Waals surface area contributed by atoms with Gasteiger partial charge < -0.3 is 4.74 Å². The second-order valence-corrected chi connectivity index (χ2v) is 4.40. The van der Waals surface area contributed by atoms with Gasteiger partial charge in [0, 0.05) is 23.5 Å². The van der Waals surface area contributed by atoms with Gasteiger partial charge in [-0.15, -0.1) is 0 Å². The van der Waals surface area contributed by atoms with E-state index in [-0.39, 0.29) is 6.61 Å². The van der Waals surface area contributed by atoms with Crippen LogP contribution in [0.15, 0.2) is 36.7 Å². The standard InChI is InChI=1S/C15H14F2N2O2/c1-3-21-14(20)15(16,17)12-9-11(6-5-10(12)2)13-18-7-4-8-19-13/h4-9H,3H2,1-2H3. The maximum absolute atomic E-state index is 14.2. The molecule has 0 aliphatic carbocycles. The van der Waals surface area contributed by atoms with Gasteiger partial charge in [-0.25, -0.2) is 14.8 Å². The third-order valence-corrected chi connectivity index (χ3v) is 2.93. The minimum atomic E-state index is -3.70. The number of hydrogen-bond acceptors (Lipinski definition) is 4. The Morgan fingerprint density at radius 1 is 1.29 bits per heavy atom. The molecule has 0 saturated heterocycles. The predicted molar refractivity (Wildman–Crippen MR) is 72.7 cm³/mol. The Hall–Kier alpha value is -2.37. The van der Waals surface area contributed by atoms with Crippen LogP contribution in [0.25, 0.3) is 11.4 Å². The van der Waals surface area contributed by atoms with Gasteiger partial charge in [0.2, 0.25) is 0 Å². The summed E-state index contributed by atoms with van der Waals surface area (Å²) in [6.07, 6.45) is 3.04. The van der Waals surface area contributed by atoms with Gasteiger partial charge in [-0.3, -0.25) is 0 Å². The van der Waals surface area contributed by atoms with E-state index < -0.39 is 17.5 Å². The van der Waals surface area contributed by atoms with Gasteiger partial charge >= 0.3 is 11.9 Å². The van der Waals surface area contributed by atoms with Gasteiger partial charge in [0.05, 0.1) is 6.61 Å². The number of hydrogen-bond donors (Lipinski definition) is 0. The number of aryl methyl sites for hydroxylation is 1. The van der Waals surface area contributed by atoms with E-state index in [0.29, 0.717) is 17.0 Å².